The summed E-state index contributed by atoms with van der Waals surface area (Å²) in [4.78, 5) is 25.8. The number of rotatable bonds is 5. The molecular formula is C27H26BrN3O4. The number of carbonyl (C=O) groups excluding carboxylic acids is 2. The van der Waals surface area contributed by atoms with Crippen LogP contribution in [-0.2, 0) is 14.3 Å². The molecule has 0 fully saturated rings. The molecule has 1 heterocycles. The van der Waals surface area contributed by atoms with Crippen LogP contribution in [0.25, 0.3) is 0 Å². The molecule has 180 valence electrons. The molecule has 4 rings (SSSR count). The zero-order valence-corrected chi connectivity index (χ0v) is 21.4. The molecule has 7 nitrogen and oxygen atoms in total. The number of halogens is 1. The molecule has 1 unspecified atom stereocenters. The summed E-state index contributed by atoms with van der Waals surface area (Å²) in [6.45, 7) is 5.68. The number of hydrogen-bond donors (Lipinski definition) is 2. The molecule has 1 aliphatic carbocycles. The molecule has 8 heteroatoms. The van der Waals surface area contributed by atoms with Gasteiger partial charge in [-0.25, -0.2) is 0 Å². The Balaban J connectivity index is 1.62. The molecular weight excluding hydrogens is 510 g/mol. The van der Waals surface area contributed by atoms with Gasteiger partial charge in [-0.2, -0.15) is 5.26 Å². The molecule has 1 aliphatic heterocycles. The van der Waals surface area contributed by atoms with Gasteiger partial charge < -0.3 is 20.5 Å². The summed E-state index contributed by atoms with van der Waals surface area (Å²) < 4.78 is 12.6. The number of amides is 1. The molecule has 0 spiro atoms. The first-order chi connectivity index (χ1) is 16.6. The number of anilines is 1. The van der Waals surface area contributed by atoms with Crippen molar-refractivity contribution in [3.63, 3.8) is 0 Å². The highest BCUT2D eigenvalue weighted by molar-refractivity contribution is 9.10. The highest BCUT2D eigenvalue weighted by Crippen LogP contribution is 2.49. The number of allylic oxidation sites excluding steroid dienone is 3. The number of para-hydroxylation sites is 1. The minimum Gasteiger partial charge on any atom is -0.483 e. The van der Waals surface area contributed by atoms with Crippen molar-refractivity contribution < 1.29 is 19.1 Å². The predicted molar refractivity (Wildman–Crippen MR) is 135 cm³/mol. The topological polar surface area (TPSA) is 114 Å². The predicted octanol–water partition coefficient (Wildman–Crippen LogP) is 5.23. The average molecular weight is 536 g/mol. The molecule has 0 radical (unpaired) electrons. The summed E-state index contributed by atoms with van der Waals surface area (Å²) in [6.07, 6.45) is 0.865. The van der Waals surface area contributed by atoms with E-state index in [1.807, 2.05) is 32.9 Å². The van der Waals surface area contributed by atoms with Crippen LogP contribution in [0.2, 0.25) is 0 Å². The van der Waals surface area contributed by atoms with Crippen molar-refractivity contribution in [3.8, 4) is 11.8 Å². The van der Waals surface area contributed by atoms with Gasteiger partial charge in [-0.1, -0.05) is 48.0 Å². The van der Waals surface area contributed by atoms with E-state index in [9.17, 15) is 14.9 Å². The molecule has 35 heavy (non-hydrogen) atoms. The van der Waals surface area contributed by atoms with Crippen molar-refractivity contribution in [1.29, 1.82) is 5.26 Å². The fraction of sp³-hybridized carbons (Fsp3) is 0.296. The lowest BCUT2D eigenvalue weighted by Crippen LogP contribution is -2.33. The molecule has 2 aromatic carbocycles. The average Bonchev–Trinajstić information content (AvgIpc) is 2.78. The van der Waals surface area contributed by atoms with E-state index >= 15 is 0 Å². The third kappa shape index (κ3) is 5.10. The number of nitrogens with zero attached hydrogens (tertiary/aromatic N) is 1. The van der Waals surface area contributed by atoms with Crippen molar-refractivity contribution in [2.45, 2.75) is 39.5 Å². The Bertz CT molecular complexity index is 1320. The second kappa shape index (κ2) is 9.59. The number of nitrogens with one attached hydrogen (secondary N) is 1. The Labute approximate surface area is 212 Å². The third-order valence-corrected chi connectivity index (χ3v) is 7.00. The SMILES string of the molecule is Cc1cc(NC(=O)COc2ccccc2C2C(C#N)=C(N)OC3=C2C(=O)CC(C)(C)C3)ccc1Br. The van der Waals surface area contributed by atoms with E-state index in [2.05, 4.69) is 27.3 Å². The monoisotopic (exact) mass is 535 g/mol. The summed E-state index contributed by atoms with van der Waals surface area (Å²) in [6, 6.07) is 14.7. The summed E-state index contributed by atoms with van der Waals surface area (Å²) in [5, 5.41) is 12.7. The number of hydrogen-bond acceptors (Lipinski definition) is 6. The Kier molecular flexibility index (Phi) is 6.73. The molecule has 0 bridgehead atoms. The minimum absolute atomic E-state index is 0.0140. The minimum atomic E-state index is -0.722. The maximum Gasteiger partial charge on any atom is 0.262 e. The first kappa shape index (κ1) is 24.6. The van der Waals surface area contributed by atoms with Crippen LogP contribution < -0.4 is 15.8 Å². The smallest absolute Gasteiger partial charge is 0.262 e. The van der Waals surface area contributed by atoms with Crippen molar-refractivity contribution in [3.05, 3.63) is 80.9 Å². The summed E-state index contributed by atoms with van der Waals surface area (Å²) in [5.41, 5.74) is 8.67. The van der Waals surface area contributed by atoms with E-state index in [-0.39, 0.29) is 35.2 Å². The van der Waals surface area contributed by atoms with Gasteiger partial charge in [0.1, 0.15) is 23.2 Å². The van der Waals surface area contributed by atoms with Crippen molar-refractivity contribution in [1.82, 2.24) is 0 Å². The van der Waals surface area contributed by atoms with Gasteiger partial charge in [-0.05, 0) is 42.2 Å². The van der Waals surface area contributed by atoms with Gasteiger partial charge in [-0.15, -0.1) is 0 Å². The Morgan fingerprint density at radius 2 is 2.03 bits per heavy atom. The van der Waals surface area contributed by atoms with Gasteiger partial charge in [0.2, 0.25) is 5.88 Å². The molecule has 2 aromatic rings. The molecule has 0 saturated carbocycles. The molecule has 1 atom stereocenters. The number of aryl methyl sites for hydroxylation is 1. The van der Waals surface area contributed by atoms with Crippen LogP contribution in [-0.4, -0.2) is 18.3 Å². The van der Waals surface area contributed by atoms with Crippen LogP contribution in [0.15, 0.2) is 69.7 Å². The van der Waals surface area contributed by atoms with Crippen LogP contribution in [0.3, 0.4) is 0 Å². The zero-order chi connectivity index (χ0) is 25.3. The van der Waals surface area contributed by atoms with Crippen molar-refractivity contribution in [2.24, 2.45) is 11.1 Å². The Hall–Kier alpha value is -3.57. The fourth-order valence-corrected chi connectivity index (χ4v) is 4.76. The van der Waals surface area contributed by atoms with Crippen LogP contribution >= 0.6 is 15.9 Å². The standard InChI is InChI=1S/C27H26BrN3O4/c1-15-10-16(8-9-19(15)28)31-23(33)14-34-21-7-5-4-6-17(21)24-18(13-29)26(30)35-22-12-27(2,3)11-20(32)25(22)24/h4-10,24H,11-12,14,30H2,1-3H3,(H,31,33). The highest BCUT2D eigenvalue weighted by Gasteiger charge is 2.43. The zero-order valence-electron chi connectivity index (χ0n) is 19.8. The van der Waals surface area contributed by atoms with Gasteiger partial charge in [0, 0.05) is 34.1 Å². The lowest BCUT2D eigenvalue weighted by atomic mass is 9.70. The lowest BCUT2D eigenvalue weighted by Gasteiger charge is -2.37. The fourth-order valence-electron chi connectivity index (χ4n) is 4.51. The molecule has 2 aliphatic rings. The Morgan fingerprint density at radius 3 is 2.74 bits per heavy atom. The van der Waals surface area contributed by atoms with Crippen molar-refractivity contribution in [2.75, 3.05) is 11.9 Å². The third-order valence-electron chi connectivity index (χ3n) is 6.11. The number of nitriles is 1. The van der Waals surface area contributed by atoms with Crippen LogP contribution in [0, 0.1) is 23.7 Å². The number of Topliss-reactive ketones (excluding diaryl/α,β-unsaturated/α-hetero) is 1. The second-order valence-electron chi connectivity index (χ2n) is 9.54. The molecule has 0 aromatic heterocycles. The molecule has 3 N–H and O–H groups in total. The number of ketones is 1. The molecule has 1 amide bonds. The van der Waals surface area contributed by atoms with Gasteiger partial charge in [0.05, 0.1) is 5.92 Å². The Morgan fingerprint density at radius 1 is 1.29 bits per heavy atom. The number of carbonyl (C=O) groups is 2. The van der Waals surface area contributed by atoms with Gasteiger partial charge >= 0.3 is 0 Å². The van der Waals surface area contributed by atoms with Crippen LogP contribution in [0.5, 0.6) is 5.75 Å². The first-order valence-corrected chi connectivity index (χ1v) is 12.0. The molecule has 0 saturated heterocycles. The summed E-state index contributed by atoms with van der Waals surface area (Å²) in [7, 11) is 0. The van der Waals surface area contributed by atoms with Gasteiger partial charge in [-0.3, -0.25) is 9.59 Å². The normalized spacial score (nSPS) is 18.9. The van der Waals surface area contributed by atoms with E-state index in [1.54, 1.807) is 30.3 Å². The number of benzene rings is 2. The quantitative estimate of drug-likeness (QED) is 0.541. The van der Waals surface area contributed by atoms with Crippen molar-refractivity contribution >= 4 is 33.3 Å². The highest BCUT2D eigenvalue weighted by atomic mass is 79.9. The summed E-state index contributed by atoms with van der Waals surface area (Å²) >= 11 is 3.44. The van der Waals surface area contributed by atoms with E-state index in [0.717, 1.165) is 10.0 Å². The largest absolute Gasteiger partial charge is 0.483 e. The van der Waals surface area contributed by atoms with E-state index in [0.29, 0.717) is 41.2 Å². The van der Waals surface area contributed by atoms with E-state index in [1.165, 1.54) is 0 Å². The van der Waals surface area contributed by atoms with Gasteiger partial charge in [0.25, 0.3) is 5.91 Å². The maximum absolute atomic E-state index is 13.2. The van der Waals surface area contributed by atoms with Crippen LogP contribution in [0.4, 0.5) is 5.69 Å². The maximum atomic E-state index is 13.2. The first-order valence-electron chi connectivity index (χ1n) is 11.2. The summed E-state index contributed by atoms with van der Waals surface area (Å²) in [5.74, 6) is -0.266. The number of nitrogens with two attached hydrogens (primary N) is 1. The lowest BCUT2D eigenvalue weighted by molar-refractivity contribution is -0.119. The van der Waals surface area contributed by atoms with Crippen LogP contribution in [0.1, 0.15) is 43.7 Å². The van der Waals surface area contributed by atoms with E-state index in [4.69, 9.17) is 15.2 Å². The second-order valence-corrected chi connectivity index (χ2v) is 10.4. The van der Waals surface area contributed by atoms with Gasteiger partial charge in [0.15, 0.2) is 12.4 Å². The number of ether oxygens (including phenoxy) is 2. The van der Waals surface area contributed by atoms with E-state index < -0.39 is 5.92 Å².